The molecule has 136 valence electrons. The van der Waals surface area contributed by atoms with Crippen molar-refractivity contribution in [3.05, 3.63) is 0 Å². The Kier molecular flexibility index (Phi) is 7.42. The van der Waals surface area contributed by atoms with Gasteiger partial charge in [-0.25, -0.2) is 0 Å². The van der Waals surface area contributed by atoms with Gasteiger partial charge in [-0.15, -0.1) is 0 Å². The predicted molar refractivity (Wildman–Crippen MR) is 85.2 cm³/mol. The van der Waals surface area contributed by atoms with Crippen LogP contribution in [0.15, 0.2) is 0 Å². The highest BCUT2D eigenvalue weighted by molar-refractivity contribution is 6.62. The minimum atomic E-state index is -2.88. The van der Waals surface area contributed by atoms with Crippen molar-refractivity contribution in [2.45, 2.75) is 56.8 Å². The molecule has 5 atom stereocenters. The zero-order valence-electron chi connectivity index (χ0n) is 14.8. The summed E-state index contributed by atoms with van der Waals surface area (Å²) in [4.78, 5) is 0. The molecule has 7 nitrogen and oxygen atoms in total. The molecule has 0 amide bonds. The Morgan fingerprint density at radius 1 is 1.00 bits per heavy atom. The Morgan fingerprint density at radius 3 is 2.00 bits per heavy atom. The van der Waals surface area contributed by atoms with E-state index >= 15 is 0 Å². The van der Waals surface area contributed by atoms with Crippen LogP contribution in [-0.4, -0.2) is 80.1 Å². The van der Waals surface area contributed by atoms with E-state index in [4.69, 9.17) is 32.2 Å². The van der Waals surface area contributed by atoms with Crippen LogP contribution in [0.5, 0.6) is 0 Å². The summed E-state index contributed by atoms with van der Waals surface area (Å²) in [6.07, 6.45) is 1.67. The summed E-state index contributed by atoms with van der Waals surface area (Å²) in [5.41, 5.74) is -0.258. The maximum atomic E-state index is 6.36. The minimum Gasteiger partial charge on any atom is -0.375 e. The van der Waals surface area contributed by atoms with Gasteiger partial charge in [0.1, 0.15) is 24.0 Å². The molecule has 2 fully saturated rings. The summed E-state index contributed by atoms with van der Waals surface area (Å²) in [5, 5.41) is 0. The Morgan fingerprint density at radius 2 is 1.61 bits per heavy atom. The van der Waals surface area contributed by atoms with Gasteiger partial charge in [-0.3, -0.25) is 0 Å². The Bertz CT molecular complexity index is 336. The molecule has 2 aliphatic rings. The molecule has 2 aliphatic heterocycles. The van der Waals surface area contributed by atoms with Gasteiger partial charge in [-0.2, -0.15) is 0 Å². The number of hydrogen-bond donors (Lipinski definition) is 0. The quantitative estimate of drug-likeness (QED) is 0.365. The molecule has 2 rings (SSSR count). The topological polar surface area (TPSA) is 71.2 Å². The van der Waals surface area contributed by atoms with E-state index in [1.807, 2.05) is 6.92 Å². The average Bonchev–Trinajstić information content (AvgIpc) is 3.48. The minimum absolute atomic E-state index is 0.0435. The van der Waals surface area contributed by atoms with E-state index in [1.54, 1.807) is 21.3 Å². The standard InChI is InChI=1S/C15H30O7Si/c1-6-12(20-9-11-8-19-11)15(13-10-21-13)22-14(7-2)23(16-3,17-4)18-5/h11-15H,6-10H2,1-5H3. The van der Waals surface area contributed by atoms with Crippen molar-refractivity contribution >= 4 is 8.80 Å². The molecule has 2 saturated heterocycles. The molecule has 0 aromatic rings. The van der Waals surface area contributed by atoms with Gasteiger partial charge < -0.3 is 32.2 Å². The summed E-state index contributed by atoms with van der Waals surface area (Å²) in [6.45, 7) is 6.21. The van der Waals surface area contributed by atoms with Gasteiger partial charge in [0, 0.05) is 21.3 Å². The predicted octanol–water partition coefficient (Wildman–Crippen LogP) is 1.16. The van der Waals surface area contributed by atoms with Crippen LogP contribution in [0.3, 0.4) is 0 Å². The number of epoxide rings is 2. The lowest BCUT2D eigenvalue weighted by atomic mass is 10.1. The van der Waals surface area contributed by atoms with Crippen LogP contribution in [0.4, 0.5) is 0 Å². The second-order valence-electron chi connectivity index (χ2n) is 5.82. The van der Waals surface area contributed by atoms with Gasteiger partial charge in [0.25, 0.3) is 0 Å². The van der Waals surface area contributed by atoms with Crippen molar-refractivity contribution in [1.82, 2.24) is 0 Å². The fraction of sp³-hybridized carbons (Fsp3) is 1.00. The summed E-state index contributed by atoms with van der Waals surface area (Å²) < 4.78 is 39.8. The van der Waals surface area contributed by atoms with E-state index < -0.39 is 8.80 Å². The van der Waals surface area contributed by atoms with Gasteiger partial charge in [0.15, 0.2) is 0 Å². The molecule has 0 N–H and O–H groups in total. The highest BCUT2D eigenvalue weighted by Crippen LogP contribution is 2.29. The molecule has 8 heteroatoms. The third kappa shape index (κ3) is 4.96. The van der Waals surface area contributed by atoms with Crippen LogP contribution < -0.4 is 0 Å². The smallest absolute Gasteiger partial charge is 0.375 e. The first-order valence-corrected chi connectivity index (χ1v) is 10.1. The molecule has 0 saturated carbocycles. The fourth-order valence-corrected chi connectivity index (χ4v) is 4.88. The lowest BCUT2D eigenvalue weighted by molar-refractivity contribution is -0.113. The highest BCUT2D eigenvalue weighted by Gasteiger charge is 2.51. The van der Waals surface area contributed by atoms with Crippen molar-refractivity contribution in [3.8, 4) is 0 Å². The summed E-state index contributed by atoms with van der Waals surface area (Å²) in [5.74, 6) is 0. The van der Waals surface area contributed by atoms with Crippen molar-refractivity contribution in [2.24, 2.45) is 0 Å². The Balaban J connectivity index is 2.02. The lowest BCUT2D eigenvalue weighted by Crippen LogP contribution is -2.57. The first-order valence-electron chi connectivity index (χ1n) is 8.29. The normalized spacial score (nSPS) is 27.5. The molecule has 23 heavy (non-hydrogen) atoms. The largest absolute Gasteiger partial charge is 0.530 e. The first-order chi connectivity index (χ1) is 11.1. The summed E-state index contributed by atoms with van der Waals surface area (Å²) in [7, 11) is 1.93. The molecule has 0 bridgehead atoms. The second-order valence-corrected chi connectivity index (χ2v) is 8.90. The zero-order chi connectivity index (χ0) is 16.9. The van der Waals surface area contributed by atoms with Gasteiger partial charge in [-0.05, 0) is 12.8 Å². The molecule has 5 unspecified atom stereocenters. The summed E-state index contributed by atoms with van der Waals surface area (Å²) in [6, 6.07) is 0. The van der Waals surface area contributed by atoms with Crippen LogP contribution >= 0.6 is 0 Å². The summed E-state index contributed by atoms with van der Waals surface area (Å²) >= 11 is 0. The van der Waals surface area contributed by atoms with Gasteiger partial charge in [0.05, 0.1) is 25.9 Å². The van der Waals surface area contributed by atoms with Gasteiger partial charge in [0.2, 0.25) is 0 Å². The lowest BCUT2D eigenvalue weighted by Gasteiger charge is -2.35. The van der Waals surface area contributed by atoms with Crippen molar-refractivity contribution < 1.29 is 32.2 Å². The number of ether oxygens (including phenoxy) is 4. The van der Waals surface area contributed by atoms with E-state index in [1.165, 1.54) is 0 Å². The molecular weight excluding hydrogens is 320 g/mol. The second kappa shape index (κ2) is 8.86. The zero-order valence-corrected chi connectivity index (χ0v) is 15.8. The number of hydrogen-bond acceptors (Lipinski definition) is 7. The van der Waals surface area contributed by atoms with E-state index in [2.05, 4.69) is 6.92 Å². The van der Waals surface area contributed by atoms with Gasteiger partial charge in [-0.1, -0.05) is 13.8 Å². The molecule has 2 heterocycles. The van der Waals surface area contributed by atoms with Crippen molar-refractivity contribution in [2.75, 3.05) is 41.2 Å². The number of rotatable bonds is 13. The van der Waals surface area contributed by atoms with E-state index in [-0.39, 0.29) is 30.1 Å². The van der Waals surface area contributed by atoms with Crippen LogP contribution in [0.1, 0.15) is 26.7 Å². The Hall–Kier alpha value is -0.0631. The van der Waals surface area contributed by atoms with Crippen molar-refractivity contribution in [3.63, 3.8) is 0 Å². The monoisotopic (exact) mass is 350 g/mol. The molecule has 0 aromatic heterocycles. The van der Waals surface area contributed by atoms with E-state index in [9.17, 15) is 0 Å². The fourth-order valence-electron chi connectivity index (χ4n) is 2.76. The Labute approximate surface area is 139 Å². The highest BCUT2D eigenvalue weighted by atomic mass is 28.4. The molecule has 0 aromatic carbocycles. The first kappa shape index (κ1) is 19.3. The molecule has 0 aliphatic carbocycles. The third-order valence-corrected chi connectivity index (χ3v) is 7.37. The molecule has 0 spiro atoms. The van der Waals surface area contributed by atoms with Crippen LogP contribution in [0, 0.1) is 0 Å². The SMILES string of the molecule is CCC(OCC1CO1)C(OC(CC)[Si](OC)(OC)OC)C1CO1. The van der Waals surface area contributed by atoms with Crippen LogP contribution in [-0.2, 0) is 32.2 Å². The van der Waals surface area contributed by atoms with Crippen molar-refractivity contribution in [1.29, 1.82) is 0 Å². The molecule has 0 radical (unpaired) electrons. The van der Waals surface area contributed by atoms with Crippen LogP contribution in [0.25, 0.3) is 0 Å². The third-order valence-electron chi connectivity index (χ3n) is 4.33. The van der Waals surface area contributed by atoms with Crippen LogP contribution in [0.2, 0.25) is 0 Å². The molecular formula is C15H30O7Si. The average molecular weight is 350 g/mol. The van der Waals surface area contributed by atoms with E-state index in [0.717, 1.165) is 19.4 Å². The maximum Gasteiger partial charge on any atom is 0.530 e. The van der Waals surface area contributed by atoms with Gasteiger partial charge >= 0.3 is 8.80 Å². The van der Waals surface area contributed by atoms with E-state index in [0.29, 0.717) is 13.2 Å². The maximum absolute atomic E-state index is 6.36.